The van der Waals surface area contributed by atoms with Crippen molar-refractivity contribution < 1.29 is 9.53 Å². The van der Waals surface area contributed by atoms with E-state index in [9.17, 15) is 4.79 Å². The number of hydrogen-bond donors (Lipinski definition) is 1. The van der Waals surface area contributed by atoms with Crippen molar-refractivity contribution in [3.05, 3.63) is 58.6 Å². The molecule has 3 nitrogen and oxygen atoms in total. The summed E-state index contributed by atoms with van der Waals surface area (Å²) in [6.45, 7) is 4.21. The zero-order valence-electron chi connectivity index (χ0n) is 13.3. The summed E-state index contributed by atoms with van der Waals surface area (Å²) in [6, 6.07) is 14.0. The number of rotatable bonds is 2. The van der Waals surface area contributed by atoms with E-state index in [4.69, 9.17) is 22.1 Å². The Labute approximate surface area is 141 Å². The molecule has 0 heterocycles. The van der Waals surface area contributed by atoms with Gasteiger partial charge in [0.15, 0.2) is 0 Å². The molecule has 1 amide bonds. The van der Waals surface area contributed by atoms with Crippen molar-refractivity contribution in [1.29, 1.82) is 0 Å². The van der Waals surface area contributed by atoms with Gasteiger partial charge in [-0.05, 0) is 53.3 Å². The first-order chi connectivity index (χ1) is 10.9. The van der Waals surface area contributed by atoms with Gasteiger partial charge in [0.25, 0.3) is 0 Å². The number of fused-ring (bicyclic) bond motifs is 1. The molecule has 4 heteroatoms. The lowest BCUT2D eigenvalue weighted by Gasteiger charge is -2.39. The van der Waals surface area contributed by atoms with Gasteiger partial charge in [-0.2, -0.15) is 0 Å². The van der Waals surface area contributed by atoms with Crippen LogP contribution in [0.4, 0.5) is 4.79 Å². The molecule has 2 aromatic rings. The molecule has 1 atom stereocenters. The Hall–Kier alpha value is -2.00. The number of primary amides is 1. The second-order valence-corrected chi connectivity index (χ2v) is 7.17. The summed E-state index contributed by atoms with van der Waals surface area (Å²) in [5.74, 6) is 0. The first-order valence-corrected chi connectivity index (χ1v) is 8.09. The average Bonchev–Trinajstić information content (AvgIpc) is 2.49. The van der Waals surface area contributed by atoms with Crippen LogP contribution in [-0.4, -0.2) is 6.09 Å². The van der Waals surface area contributed by atoms with Crippen LogP contribution in [0.3, 0.4) is 0 Å². The van der Waals surface area contributed by atoms with Crippen LogP contribution in [0.1, 0.15) is 37.5 Å². The van der Waals surface area contributed by atoms with Gasteiger partial charge in [0, 0.05) is 10.4 Å². The van der Waals surface area contributed by atoms with Crippen LogP contribution in [0.5, 0.6) is 0 Å². The van der Waals surface area contributed by atoms with E-state index in [1.54, 1.807) is 0 Å². The molecule has 0 spiro atoms. The molecule has 0 fully saturated rings. The van der Waals surface area contributed by atoms with Crippen molar-refractivity contribution in [2.24, 2.45) is 11.1 Å². The zero-order valence-corrected chi connectivity index (χ0v) is 14.1. The molecule has 3 rings (SSSR count). The molecular formula is C19H20ClNO2. The van der Waals surface area contributed by atoms with Gasteiger partial charge < -0.3 is 10.5 Å². The monoisotopic (exact) mass is 329 g/mol. The molecule has 120 valence electrons. The van der Waals surface area contributed by atoms with Gasteiger partial charge in [-0.15, -0.1) is 0 Å². The van der Waals surface area contributed by atoms with E-state index < -0.39 is 6.09 Å². The zero-order chi connectivity index (χ0) is 16.6. The lowest BCUT2D eigenvalue weighted by molar-refractivity contribution is 0.0147. The van der Waals surface area contributed by atoms with E-state index in [0.717, 1.165) is 29.5 Å². The van der Waals surface area contributed by atoms with Gasteiger partial charge in [-0.25, -0.2) is 4.79 Å². The summed E-state index contributed by atoms with van der Waals surface area (Å²) in [6.07, 6.45) is 0.859. The standard InChI is InChI=1S/C19H20ClNO2/c1-19(2)9-8-12-6-7-14(13-4-3-5-15(20)10-13)11-16(12)17(19)23-18(21)22/h3-7,10-11,17H,8-9H2,1-2H3,(H2,21,22). The summed E-state index contributed by atoms with van der Waals surface area (Å²) in [5, 5.41) is 0.700. The normalized spacial score (nSPS) is 19.0. The van der Waals surface area contributed by atoms with E-state index in [1.807, 2.05) is 24.3 Å². The van der Waals surface area contributed by atoms with Crippen molar-refractivity contribution in [2.45, 2.75) is 32.8 Å². The Morgan fingerprint density at radius 1 is 1.22 bits per heavy atom. The SMILES string of the molecule is CC1(C)CCc2ccc(-c3cccc(Cl)c3)cc2C1OC(N)=O. The van der Waals surface area contributed by atoms with Crippen LogP contribution in [0, 0.1) is 5.41 Å². The predicted molar refractivity (Wildman–Crippen MR) is 92.4 cm³/mol. The smallest absolute Gasteiger partial charge is 0.405 e. The Morgan fingerprint density at radius 3 is 2.65 bits per heavy atom. The van der Waals surface area contributed by atoms with Gasteiger partial charge in [0.2, 0.25) is 0 Å². The highest BCUT2D eigenvalue weighted by molar-refractivity contribution is 6.30. The predicted octanol–water partition coefficient (Wildman–Crippen LogP) is 5.12. The molecule has 2 N–H and O–H groups in total. The third kappa shape index (κ3) is 3.20. The maximum absolute atomic E-state index is 11.3. The van der Waals surface area contributed by atoms with E-state index in [0.29, 0.717) is 5.02 Å². The largest absolute Gasteiger partial charge is 0.441 e. The van der Waals surface area contributed by atoms with Gasteiger partial charge in [-0.1, -0.05) is 49.7 Å². The molecule has 0 aromatic heterocycles. The fourth-order valence-electron chi connectivity index (χ4n) is 3.26. The number of hydrogen-bond acceptors (Lipinski definition) is 2. The number of carbonyl (C=O) groups excluding carboxylic acids is 1. The Balaban J connectivity index is 2.08. The molecule has 0 aliphatic heterocycles. The highest BCUT2D eigenvalue weighted by Crippen LogP contribution is 2.46. The summed E-state index contributed by atoms with van der Waals surface area (Å²) in [5.41, 5.74) is 9.50. The maximum Gasteiger partial charge on any atom is 0.405 e. The van der Waals surface area contributed by atoms with Crippen LogP contribution in [0.15, 0.2) is 42.5 Å². The van der Waals surface area contributed by atoms with Gasteiger partial charge in [0.1, 0.15) is 6.10 Å². The van der Waals surface area contributed by atoms with Crippen LogP contribution < -0.4 is 5.73 Å². The molecule has 1 aliphatic rings. The Bertz CT molecular complexity index is 755. The minimum atomic E-state index is -0.732. The number of benzene rings is 2. The summed E-state index contributed by atoms with van der Waals surface area (Å²) < 4.78 is 5.46. The molecule has 0 bridgehead atoms. The minimum absolute atomic E-state index is 0.144. The number of ether oxygens (including phenoxy) is 1. The van der Waals surface area contributed by atoms with Crippen molar-refractivity contribution in [3.8, 4) is 11.1 Å². The number of halogens is 1. The molecule has 0 saturated heterocycles. The molecule has 1 aliphatic carbocycles. The van der Waals surface area contributed by atoms with Crippen LogP contribution in [-0.2, 0) is 11.2 Å². The molecule has 0 saturated carbocycles. The van der Waals surface area contributed by atoms with Crippen molar-refractivity contribution in [3.63, 3.8) is 0 Å². The van der Waals surface area contributed by atoms with Crippen molar-refractivity contribution in [2.75, 3.05) is 0 Å². The Morgan fingerprint density at radius 2 is 1.96 bits per heavy atom. The van der Waals surface area contributed by atoms with Crippen LogP contribution in [0.25, 0.3) is 11.1 Å². The summed E-state index contributed by atoms with van der Waals surface area (Å²) >= 11 is 6.10. The highest BCUT2D eigenvalue weighted by Gasteiger charge is 2.38. The lowest BCUT2D eigenvalue weighted by Crippen LogP contribution is -2.33. The quantitative estimate of drug-likeness (QED) is 0.831. The molecule has 2 aromatic carbocycles. The number of carbonyl (C=O) groups is 1. The lowest BCUT2D eigenvalue weighted by atomic mass is 9.71. The molecular weight excluding hydrogens is 310 g/mol. The second-order valence-electron chi connectivity index (χ2n) is 6.73. The summed E-state index contributed by atoms with van der Waals surface area (Å²) in [4.78, 5) is 11.3. The van der Waals surface area contributed by atoms with Crippen molar-refractivity contribution in [1.82, 2.24) is 0 Å². The first-order valence-electron chi connectivity index (χ1n) is 7.72. The topological polar surface area (TPSA) is 52.3 Å². The van der Waals surface area contributed by atoms with Crippen LogP contribution in [0.2, 0.25) is 5.02 Å². The number of nitrogens with two attached hydrogens (primary N) is 1. The first kappa shape index (κ1) is 15.9. The third-order valence-electron chi connectivity index (χ3n) is 4.57. The van der Waals surface area contributed by atoms with Crippen molar-refractivity contribution >= 4 is 17.7 Å². The average molecular weight is 330 g/mol. The second kappa shape index (κ2) is 5.89. The Kier molecular flexibility index (Phi) is 4.07. The number of amides is 1. The van der Waals surface area contributed by atoms with Crippen LogP contribution >= 0.6 is 11.6 Å². The summed E-state index contributed by atoms with van der Waals surface area (Å²) in [7, 11) is 0. The van der Waals surface area contributed by atoms with E-state index >= 15 is 0 Å². The maximum atomic E-state index is 11.3. The van der Waals surface area contributed by atoms with E-state index in [1.165, 1.54) is 5.56 Å². The fraction of sp³-hybridized carbons (Fsp3) is 0.316. The molecule has 0 radical (unpaired) electrons. The minimum Gasteiger partial charge on any atom is -0.441 e. The third-order valence-corrected chi connectivity index (χ3v) is 4.80. The van der Waals surface area contributed by atoms with Gasteiger partial charge >= 0.3 is 6.09 Å². The highest BCUT2D eigenvalue weighted by atomic mass is 35.5. The van der Waals surface area contributed by atoms with E-state index in [2.05, 4.69) is 32.0 Å². The van der Waals surface area contributed by atoms with Gasteiger partial charge in [0.05, 0.1) is 0 Å². The molecule has 23 heavy (non-hydrogen) atoms. The fourth-order valence-corrected chi connectivity index (χ4v) is 3.45. The van der Waals surface area contributed by atoms with E-state index in [-0.39, 0.29) is 11.5 Å². The number of aryl methyl sites for hydroxylation is 1. The van der Waals surface area contributed by atoms with Gasteiger partial charge in [-0.3, -0.25) is 0 Å². The molecule has 1 unspecified atom stereocenters.